The average Bonchev–Trinajstić information content (AvgIpc) is 2.50. The maximum atomic E-state index is 13.9. The smallest absolute Gasteiger partial charge is 0.306 e. The lowest BCUT2D eigenvalue weighted by Gasteiger charge is -2.25. The first kappa shape index (κ1) is 16.9. The molecular formula is C18H25FO3. The molecule has 4 heteroatoms. The number of ether oxygens (including phenoxy) is 2. The van der Waals surface area contributed by atoms with Gasteiger partial charge in [0.15, 0.2) is 0 Å². The number of hydrogen-bond acceptors (Lipinski definition) is 3. The molecule has 3 nitrogen and oxygen atoms in total. The van der Waals surface area contributed by atoms with Crippen molar-refractivity contribution in [1.82, 2.24) is 0 Å². The van der Waals surface area contributed by atoms with Crippen LogP contribution >= 0.6 is 0 Å². The monoisotopic (exact) mass is 308 g/mol. The van der Waals surface area contributed by atoms with E-state index in [4.69, 9.17) is 9.47 Å². The van der Waals surface area contributed by atoms with Crippen molar-refractivity contribution in [1.29, 1.82) is 0 Å². The van der Waals surface area contributed by atoms with Crippen LogP contribution in [-0.4, -0.2) is 19.2 Å². The van der Waals surface area contributed by atoms with Crippen molar-refractivity contribution in [3.8, 4) is 0 Å². The van der Waals surface area contributed by atoms with Gasteiger partial charge in [0.05, 0.1) is 0 Å². The van der Waals surface area contributed by atoms with E-state index in [9.17, 15) is 9.18 Å². The van der Waals surface area contributed by atoms with Gasteiger partial charge in [0.1, 0.15) is 18.0 Å². The van der Waals surface area contributed by atoms with E-state index < -0.39 is 12.2 Å². The molecule has 0 unspecified atom stereocenters. The Labute approximate surface area is 131 Å². The number of carbonyl (C=O) groups is 1. The first-order valence-electron chi connectivity index (χ1n) is 8.08. The highest BCUT2D eigenvalue weighted by Crippen LogP contribution is 2.29. The van der Waals surface area contributed by atoms with Gasteiger partial charge in [0.2, 0.25) is 0 Å². The molecule has 1 aliphatic rings. The predicted octanol–water partition coefficient (Wildman–Crippen LogP) is 4.42. The highest BCUT2D eigenvalue weighted by Gasteiger charge is 2.26. The lowest BCUT2D eigenvalue weighted by molar-refractivity contribution is -0.156. The fourth-order valence-electron chi connectivity index (χ4n) is 3.22. The van der Waals surface area contributed by atoms with E-state index in [0.717, 1.165) is 12.8 Å². The molecule has 0 radical (unpaired) electrons. The summed E-state index contributed by atoms with van der Waals surface area (Å²) >= 11 is 0. The predicted molar refractivity (Wildman–Crippen MR) is 82.9 cm³/mol. The van der Waals surface area contributed by atoms with E-state index in [0.29, 0.717) is 17.9 Å². The number of halogens is 1. The Morgan fingerprint density at radius 3 is 2.59 bits per heavy atom. The molecule has 1 aliphatic carbocycles. The first-order chi connectivity index (χ1) is 10.6. The van der Waals surface area contributed by atoms with Gasteiger partial charge in [-0.25, -0.2) is 4.39 Å². The second-order valence-corrected chi connectivity index (χ2v) is 6.08. The molecule has 0 heterocycles. The summed E-state index contributed by atoms with van der Waals surface area (Å²) in [6.07, 6.45) is 5.22. The van der Waals surface area contributed by atoms with Crippen molar-refractivity contribution in [2.24, 2.45) is 5.92 Å². The van der Waals surface area contributed by atoms with Crippen molar-refractivity contribution in [2.45, 2.75) is 57.7 Å². The van der Waals surface area contributed by atoms with E-state index in [-0.39, 0.29) is 11.8 Å². The molecule has 1 saturated carbocycles. The summed E-state index contributed by atoms with van der Waals surface area (Å²) in [5.74, 6) is -0.120. The van der Waals surface area contributed by atoms with Gasteiger partial charge in [-0.1, -0.05) is 37.5 Å². The fourth-order valence-corrected chi connectivity index (χ4v) is 3.22. The maximum absolute atomic E-state index is 13.9. The Hall–Kier alpha value is -1.42. The van der Waals surface area contributed by atoms with E-state index >= 15 is 0 Å². The van der Waals surface area contributed by atoms with Crippen LogP contribution in [0.1, 0.15) is 57.1 Å². The second kappa shape index (κ2) is 8.28. The van der Waals surface area contributed by atoms with Gasteiger partial charge in [-0.2, -0.15) is 0 Å². The molecule has 0 N–H and O–H groups in total. The van der Waals surface area contributed by atoms with E-state index in [2.05, 4.69) is 0 Å². The SMILES string of the molecule is CO[C@@H](c1ccccc1F)[C@H](C)OC(=O)CC1CCCCC1. The van der Waals surface area contributed by atoms with Crippen LogP contribution in [0.5, 0.6) is 0 Å². The molecule has 1 fully saturated rings. The summed E-state index contributed by atoms with van der Waals surface area (Å²) in [7, 11) is 1.50. The van der Waals surface area contributed by atoms with E-state index in [1.54, 1.807) is 25.1 Å². The quantitative estimate of drug-likeness (QED) is 0.730. The Balaban J connectivity index is 1.92. The number of esters is 1. The summed E-state index contributed by atoms with van der Waals surface area (Å²) in [4.78, 5) is 12.1. The second-order valence-electron chi connectivity index (χ2n) is 6.08. The van der Waals surface area contributed by atoms with Gasteiger partial charge < -0.3 is 9.47 Å². The third kappa shape index (κ3) is 4.54. The molecule has 2 atom stereocenters. The molecule has 122 valence electrons. The largest absolute Gasteiger partial charge is 0.460 e. The first-order valence-corrected chi connectivity index (χ1v) is 8.08. The highest BCUT2D eigenvalue weighted by molar-refractivity contribution is 5.70. The molecule has 0 bridgehead atoms. The van der Waals surface area contributed by atoms with Crippen molar-refractivity contribution in [2.75, 3.05) is 7.11 Å². The number of carbonyl (C=O) groups excluding carboxylic acids is 1. The minimum absolute atomic E-state index is 0.210. The van der Waals surface area contributed by atoms with Crippen LogP contribution < -0.4 is 0 Å². The molecule has 1 aromatic rings. The Morgan fingerprint density at radius 2 is 1.95 bits per heavy atom. The van der Waals surface area contributed by atoms with Crippen LogP contribution in [0, 0.1) is 11.7 Å². The molecule has 0 amide bonds. The van der Waals surface area contributed by atoms with Crippen molar-refractivity contribution in [3.63, 3.8) is 0 Å². The third-order valence-corrected chi connectivity index (χ3v) is 4.39. The fraction of sp³-hybridized carbons (Fsp3) is 0.611. The molecule has 1 aromatic carbocycles. The molecular weight excluding hydrogens is 283 g/mol. The highest BCUT2D eigenvalue weighted by atomic mass is 19.1. The normalized spacial score (nSPS) is 18.7. The molecule has 2 rings (SSSR count). The lowest BCUT2D eigenvalue weighted by Crippen LogP contribution is -2.26. The number of methoxy groups -OCH3 is 1. The Bertz CT molecular complexity index is 483. The van der Waals surface area contributed by atoms with Gasteiger partial charge in [0.25, 0.3) is 0 Å². The minimum Gasteiger partial charge on any atom is -0.460 e. The van der Waals surface area contributed by atoms with Crippen molar-refractivity contribution < 1.29 is 18.7 Å². The zero-order chi connectivity index (χ0) is 15.9. The van der Waals surface area contributed by atoms with Crippen LogP contribution in [-0.2, 0) is 14.3 Å². The molecule has 0 aromatic heterocycles. The topological polar surface area (TPSA) is 35.5 Å². The number of hydrogen-bond donors (Lipinski definition) is 0. The van der Waals surface area contributed by atoms with Gasteiger partial charge in [-0.05, 0) is 31.7 Å². The standard InChI is InChI=1S/C18H25FO3/c1-13(18(21-2)15-10-6-7-11-16(15)19)22-17(20)12-14-8-4-3-5-9-14/h6-7,10-11,13-14,18H,3-5,8-9,12H2,1-2H3/t13-,18+/m0/s1. The zero-order valence-corrected chi connectivity index (χ0v) is 13.4. The zero-order valence-electron chi connectivity index (χ0n) is 13.4. The van der Waals surface area contributed by atoms with Crippen LogP contribution in [0.2, 0.25) is 0 Å². The van der Waals surface area contributed by atoms with Gasteiger partial charge >= 0.3 is 5.97 Å². The minimum atomic E-state index is -0.587. The summed E-state index contributed by atoms with van der Waals surface area (Å²) in [5, 5.41) is 0. The summed E-state index contributed by atoms with van der Waals surface area (Å²) < 4.78 is 24.7. The van der Waals surface area contributed by atoms with Crippen molar-refractivity contribution >= 4 is 5.97 Å². The lowest BCUT2D eigenvalue weighted by atomic mass is 9.87. The van der Waals surface area contributed by atoms with Gasteiger partial charge in [0, 0.05) is 19.1 Å². The van der Waals surface area contributed by atoms with E-state index in [1.165, 1.54) is 32.4 Å². The number of rotatable bonds is 6. The van der Waals surface area contributed by atoms with Crippen LogP contribution in [0.25, 0.3) is 0 Å². The molecule has 22 heavy (non-hydrogen) atoms. The number of benzene rings is 1. The Kier molecular flexibility index (Phi) is 6.37. The molecule has 0 spiro atoms. The summed E-state index contributed by atoms with van der Waals surface area (Å²) in [5.41, 5.74) is 0.419. The molecule has 0 saturated heterocycles. The van der Waals surface area contributed by atoms with Crippen LogP contribution in [0.3, 0.4) is 0 Å². The Morgan fingerprint density at radius 1 is 1.27 bits per heavy atom. The van der Waals surface area contributed by atoms with E-state index in [1.807, 2.05) is 0 Å². The van der Waals surface area contributed by atoms with Gasteiger partial charge in [-0.15, -0.1) is 0 Å². The van der Waals surface area contributed by atoms with Gasteiger partial charge in [-0.3, -0.25) is 4.79 Å². The third-order valence-electron chi connectivity index (χ3n) is 4.39. The van der Waals surface area contributed by atoms with Crippen molar-refractivity contribution in [3.05, 3.63) is 35.6 Å². The average molecular weight is 308 g/mol. The van der Waals surface area contributed by atoms with Crippen LogP contribution in [0.4, 0.5) is 4.39 Å². The summed E-state index contributed by atoms with van der Waals surface area (Å²) in [6, 6.07) is 6.43. The maximum Gasteiger partial charge on any atom is 0.306 e. The van der Waals surface area contributed by atoms with Crippen LogP contribution in [0.15, 0.2) is 24.3 Å². The summed E-state index contributed by atoms with van der Waals surface area (Å²) in [6.45, 7) is 1.75. The molecule has 0 aliphatic heterocycles.